The maximum atomic E-state index is 8.84. The van der Waals surface area contributed by atoms with Gasteiger partial charge in [-0.15, -0.1) is 0 Å². The maximum absolute atomic E-state index is 8.84. The normalized spacial score (nSPS) is 16.4. The number of nitrogen functional groups attached to an aromatic ring is 1. The molecule has 0 aliphatic carbocycles. The summed E-state index contributed by atoms with van der Waals surface area (Å²) in [5, 5.41) is 8.84. The summed E-state index contributed by atoms with van der Waals surface area (Å²) in [5.41, 5.74) is 5.59. The van der Waals surface area contributed by atoms with Crippen molar-refractivity contribution in [3.63, 3.8) is 0 Å². The molecule has 16 heavy (non-hydrogen) atoms. The van der Waals surface area contributed by atoms with Crippen LogP contribution in [0.2, 0.25) is 0 Å². The maximum Gasteiger partial charge on any atom is 0.230 e. The van der Waals surface area contributed by atoms with Crippen LogP contribution >= 0.6 is 0 Å². The minimum absolute atomic E-state index is 0.00596. The van der Waals surface area contributed by atoms with E-state index in [1.807, 2.05) is 4.90 Å². The van der Waals surface area contributed by atoms with Crippen molar-refractivity contribution < 1.29 is 9.84 Å². The zero-order valence-electron chi connectivity index (χ0n) is 8.96. The first-order valence-electron chi connectivity index (χ1n) is 5.23. The van der Waals surface area contributed by atoms with E-state index in [0.29, 0.717) is 31.4 Å². The number of aliphatic hydroxyl groups is 1. The largest absolute Gasteiger partial charge is 0.396 e. The van der Waals surface area contributed by atoms with Crippen LogP contribution in [0.5, 0.6) is 0 Å². The fourth-order valence-corrected chi connectivity index (χ4v) is 1.54. The van der Waals surface area contributed by atoms with Crippen molar-refractivity contribution >= 4 is 11.9 Å². The molecule has 3 N–H and O–H groups in total. The van der Waals surface area contributed by atoms with Crippen LogP contribution in [0.1, 0.15) is 5.82 Å². The molecule has 0 atom stereocenters. The molecule has 0 radical (unpaired) electrons. The number of nitrogens with two attached hydrogens (primary N) is 1. The van der Waals surface area contributed by atoms with Crippen molar-refractivity contribution in [2.75, 3.05) is 43.5 Å². The summed E-state index contributed by atoms with van der Waals surface area (Å²) in [6.45, 7) is 2.85. The average Bonchev–Trinajstić information content (AvgIpc) is 2.30. The lowest BCUT2D eigenvalue weighted by atomic mass is 10.4. The van der Waals surface area contributed by atoms with Crippen LogP contribution in [-0.2, 0) is 11.2 Å². The van der Waals surface area contributed by atoms with Crippen LogP contribution < -0.4 is 10.6 Å². The summed E-state index contributed by atoms with van der Waals surface area (Å²) in [7, 11) is 0. The topological polar surface area (TPSA) is 97.4 Å². The molecule has 0 unspecified atom stereocenters. The molecule has 0 amide bonds. The number of anilines is 2. The van der Waals surface area contributed by atoms with Crippen molar-refractivity contribution in [2.24, 2.45) is 0 Å². The third-order valence-electron chi connectivity index (χ3n) is 2.32. The van der Waals surface area contributed by atoms with Gasteiger partial charge in [-0.25, -0.2) is 0 Å². The van der Waals surface area contributed by atoms with Crippen LogP contribution in [-0.4, -0.2) is 53.0 Å². The van der Waals surface area contributed by atoms with Crippen molar-refractivity contribution in [2.45, 2.75) is 6.42 Å². The summed E-state index contributed by atoms with van der Waals surface area (Å²) in [4.78, 5) is 14.3. The number of aliphatic hydroxyl groups excluding tert-OH is 1. The molecule has 1 fully saturated rings. The van der Waals surface area contributed by atoms with Crippen LogP contribution in [0, 0.1) is 0 Å². The predicted octanol–water partition coefficient (Wildman–Crippen LogP) is -1.17. The van der Waals surface area contributed by atoms with E-state index in [1.54, 1.807) is 0 Å². The minimum atomic E-state index is 0.00596. The SMILES string of the molecule is Nc1nc(CCO)nc(N2CCOCC2)n1. The van der Waals surface area contributed by atoms with Gasteiger partial charge in [-0.05, 0) is 0 Å². The van der Waals surface area contributed by atoms with E-state index in [9.17, 15) is 0 Å². The second-order valence-electron chi connectivity index (χ2n) is 3.48. The Bertz CT molecular complexity index is 354. The molecule has 7 nitrogen and oxygen atoms in total. The van der Waals surface area contributed by atoms with Crippen LogP contribution in [0.4, 0.5) is 11.9 Å². The summed E-state index contributed by atoms with van der Waals surface area (Å²) in [6.07, 6.45) is 0.393. The number of hydrogen-bond acceptors (Lipinski definition) is 7. The number of ether oxygens (including phenoxy) is 1. The molecule has 0 aromatic carbocycles. The molecule has 2 rings (SSSR count). The molecular formula is C9H15N5O2. The van der Waals surface area contributed by atoms with Gasteiger partial charge < -0.3 is 20.5 Å². The van der Waals surface area contributed by atoms with E-state index in [-0.39, 0.29) is 12.6 Å². The van der Waals surface area contributed by atoms with Crippen molar-refractivity contribution in [3.05, 3.63) is 5.82 Å². The summed E-state index contributed by atoms with van der Waals surface area (Å²) in [6, 6.07) is 0. The Balaban J connectivity index is 2.18. The first-order valence-corrected chi connectivity index (χ1v) is 5.23. The Morgan fingerprint density at radius 1 is 1.25 bits per heavy atom. The zero-order valence-corrected chi connectivity index (χ0v) is 8.96. The monoisotopic (exact) mass is 225 g/mol. The van der Waals surface area contributed by atoms with E-state index < -0.39 is 0 Å². The fraction of sp³-hybridized carbons (Fsp3) is 0.667. The van der Waals surface area contributed by atoms with Crippen LogP contribution in [0.25, 0.3) is 0 Å². The number of morpholine rings is 1. The van der Waals surface area contributed by atoms with Gasteiger partial charge in [0.15, 0.2) is 0 Å². The number of rotatable bonds is 3. The van der Waals surface area contributed by atoms with E-state index in [2.05, 4.69) is 15.0 Å². The third-order valence-corrected chi connectivity index (χ3v) is 2.32. The first-order chi connectivity index (χ1) is 7.79. The highest BCUT2D eigenvalue weighted by Crippen LogP contribution is 2.11. The number of aromatic nitrogens is 3. The van der Waals surface area contributed by atoms with Gasteiger partial charge in [0, 0.05) is 19.5 Å². The second kappa shape index (κ2) is 5.04. The van der Waals surface area contributed by atoms with Gasteiger partial charge in [-0.1, -0.05) is 0 Å². The van der Waals surface area contributed by atoms with Gasteiger partial charge in [0.2, 0.25) is 11.9 Å². The molecule has 1 aliphatic heterocycles. The molecule has 1 saturated heterocycles. The number of nitrogens with zero attached hydrogens (tertiary/aromatic N) is 4. The molecule has 88 valence electrons. The Kier molecular flexibility index (Phi) is 3.47. The summed E-state index contributed by atoms with van der Waals surface area (Å²) in [5.74, 6) is 1.29. The number of hydrogen-bond donors (Lipinski definition) is 2. The average molecular weight is 225 g/mol. The molecule has 0 spiro atoms. The molecular weight excluding hydrogens is 210 g/mol. The lowest BCUT2D eigenvalue weighted by Gasteiger charge is -2.26. The Hall–Kier alpha value is -1.47. The second-order valence-corrected chi connectivity index (χ2v) is 3.48. The molecule has 1 aromatic rings. The zero-order chi connectivity index (χ0) is 11.4. The fourth-order valence-electron chi connectivity index (χ4n) is 1.54. The van der Waals surface area contributed by atoms with Gasteiger partial charge in [0.05, 0.1) is 19.8 Å². The van der Waals surface area contributed by atoms with Gasteiger partial charge in [-0.3, -0.25) is 0 Å². The van der Waals surface area contributed by atoms with Gasteiger partial charge in [0.25, 0.3) is 0 Å². The highest BCUT2D eigenvalue weighted by Gasteiger charge is 2.15. The van der Waals surface area contributed by atoms with Gasteiger partial charge in [0.1, 0.15) is 5.82 Å². The predicted molar refractivity (Wildman–Crippen MR) is 58.1 cm³/mol. The van der Waals surface area contributed by atoms with E-state index >= 15 is 0 Å². The van der Waals surface area contributed by atoms with E-state index in [1.165, 1.54) is 0 Å². The molecule has 0 saturated carbocycles. The molecule has 7 heteroatoms. The standard InChI is InChI=1S/C9H15N5O2/c10-8-11-7(1-4-15)12-9(13-8)14-2-5-16-6-3-14/h15H,1-6H2,(H2,10,11,12,13). The molecule has 2 heterocycles. The van der Waals surface area contributed by atoms with Gasteiger partial charge >= 0.3 is 0 Å². The molecule has 1 aromatic heterocycles. The summed E-state index contributed by atoms with van der Waals surface area (Å²) >= 11 is 0. The highest BCUT2D eigenvalue weighted by molar-refractivity contribution is 5.35. The smallest absolute Gasteiger partial charge is 0.230 e. The van der Waals surface area contributed by atoms with Crippen LogP contribution in [0.3, 0.4) is 0 Å². The third kappa shape index (κ3) is 2.56. The van der Waals surface area contributed by atoms with Gasteiger partial charge in [-0.2, -0.15) is 15.0 Å². The van der Waals surface area contributed by atoms with E-state index in [0.717, 1.165) is 13.1 Å². The van der Waals surface area contributed by atoms with E-state index in [4.69, 9.17) is 15.6 Å². The Morgan fingerprint density at radius 2 is 2.00 bits per heavy atom. The van der Waals surface area contributed by atoms with Crippen LogP contribution in [0.15, 0.2) is 0 Å². The van der Waals surface area contributed by atoms with Crippen molar-refractivity contribution in [3.8, 4) is 0 Å². The lowest BCUT2D eigenvalue weighted by Crippen LogP contribution is -2.37. The highest BCUT2D eigenvalue weighted by atomic mass is 16.5. The Labute approximate surface area is 93.3 Å². The minimum Gasteiger partial charge on any atom is -0.396 e. The molecule has 0 bridgehead atoms. The first kappa shape index (κ1) is 11.0. The lowest BCUT2D eigenvalue weighted by molar-refractivity contribution is 0.122. The van der Waals surface area contributed by atoms with Crippen molar-refractivity contribution in [1.29, 1.82) is 0 Å². The Morgan fingerprint density at radius 3 is 2.69 bits per heavy atom. The van der Waals surface area contributed by atoms with Crippen molar-refractivity contribution in [1.82, 2.24) is 15.0 Å². The molecule has 1 aliphatic rings. The summed E-state index contributed by atoms with van der Waals surface area (Å²) < 4.78 is 5.25. The quantitative estimate of drug-likeness (QED) is 0.668.